The van der Waals surface area contributed by atoms with Crippen LogP contribution >= 0.6 is 23.2 Å². The summed E-state index contributed by atoms with van der Waals surface area (Å²) in [5.74, 6) is -0.196. The predicted octanol–water partition coefficient (Wildman–Crippen LogP) is 4.12. The Hall–Kier alpha value is -1.51. The van der Waals surface area contributed by atoms with Crippen LogP contribution in [0.15, 0.2) is 36.4 Å². The van der Waals surface area contributed by atoms with Crippen LogP contribution in [0.25, 0.3) is 0 Å². The Balaban J connectivity index is 2.51. The fourth-order valence-electron chi connectivity index (χ4n) is 1.70. The minimum Gasteiger partial charge on any atom is -0.398 e. The van der Waals surface area contributed by atoms with Gasteiger partial charge in [0.15, 0.2) is 5.78 Å². The van der Waals surface area contributed by atoms with Crippen LogP contribution in [0.3, 0.4) is 0 Å². The molecule has 0 amide bonds. The number of halogens is 2. The smallest absolute Gasteiger partial charge is 0.196 e. The fraction of sp³-hybridized carbons (Fsp3) is 0.0714. The first kappa shape index (κ1) is 12.9. The van der Waals surface area contributed by atoms with Gasteiger partial charge in [0.25, 0.3) is 0 Å². The van der Waals surface area contributed by atoms with Gasteiger partial charge in [0, 0.05) is 21.8 Å². The number of para-hydroxylation sites is 1. The van der Waals surface area contributed by atoms with Crippen molar-refractivity contribution in [2.75, 3.05) is 5.73 Å². The zero-order valence-electron chi connectivity index (χ0n) is 9.71. The van der Waals surface area contributed by atoms with Crippen molar-refractivity contribution in [2.45, 2.75) is 6.92 Å². The number of hydrogen-bond donors (Lipinski definition) is 1. The van der Waals surface area contributed by atoms with E-state index in [0.29, 0.717) is 26.9 Å². The number of rotatable bonds is 2. The summed E-state index contributed by atoms with van der Waals surface area (Å²) < 4.78 is 0. The van der Waals surface area contributed by atoms with Crippen LogP contribution in [0.2, 0.25) is 10.0 Å². The number of carbonyl (C=O) groups excluding carboxylic acids is 1. The molecule has 18 heavy (non-hydrogen) atoms. The van der Waals surface area contributed by atoms with E-state index in [9.17, 15) is 4.79 Å². The lowest BCUT2D eigenvalue weighted by Crippen LogP contribution is -2.07. The van der Waals surface area contributed by atoms with Gasteiger partial charge in [-0.25, -0.2) is 0 Å². The van der Waals surface area contributed by atoms with Crippen LogP contribution in [0.4, 0.5) is 5.69 Å². The molecule has 0 aliphatic heterocycles. The van der Waals surface area contributed by atoms with Gasteiger partial charge in [0.05, 0.1) is 5.02 Å². The molecule has 0 radical (unpaired) electrons. The van der Waals surface area contributed by atoms with Crippen molar-refractivity contribution >= 4 is 34.7 Å². The molecule has 2 aromatic carbocycles. The molecule has 0 saturated carbocycles. The third kappa shape index (κ3) is 2.35. The molecule has 0 spiro atoms. The molecule has 4 heteroatoms. The first-order chi connectivity index (χ1) is 8.50. The van der Waals surface area contributed by atoms with Gasteiger partial charge < -0.3 is 5.73 Å². The molecule has 2 aromatic rings. The number of anilines is 1. The molecule has 0 unspecified atom stereocenters. The van der Waals surface area contributed by atoms with Gasteiger partial charge >= 0.3 is 0 Å². The van der Waals surface area contributed by atoms with E-state index in [4.69, 9.17) is 28.9 Å². The number of benzene rings is 2. The molecule has 2 N–H and O–H groups in total. The van der Waals surface area contributed by atoms with Gasteiger partial charge in [-0.3, -0.25) is 4.79 Å². The molecule has 2 rings (SSSR count). The summed E-state index contributed by atoms with van der Waals surface area (Å²) in [5.41, 5.74) is 8.12. The summed E-state index contributed by atoms with van der Waals surface area (Å²) in [6, 6.07) is 10.1. The standard InChI is InChI=1S/C14H11Cl2NO/c1-8-3-2-4-11(13(8)17)14(18)10-6-5-9(15)7-12(10)16/h2-7H,17H2,1H3. The van der Waals surface area contributed by atoms with Crippen molar-refractivity contribution in [3.8, 4) is 0 Å². The Morgan fingerprint density at radius 3 is 2.50 bits per heavy atom. The summed E-state index contributed by atoms with van der Waals surface area (Å²) in [6.07, 6.45) is 0. The number of nitrogen functional groups attached to an aromatic ring is 1. The SMILES string of the molecule is Cc1cccc(C(=O)c2ccc(Cl)cc2Cl)c1N. The minimum atomic E-state index is -0.196. The maximum atomic E-state index is 12.3. The molecule has 0 aliphatic carbocycles. The molecule has 0 atom stereocenters. The largest absolute Gasteiger partial charge is 0.398 e. The first-order valence-corrected chi connectivity index (χ1v) is 6.11. The number of ketones is 1. The van der Waals surface area contributed by atoms with Crippen molar-refractivity contribution in [3.05, 3.63) is 63.1 Å². The van der Waals surface area contributed by atoms with E-state index in [1.165, 1.54) is 0 Å². The predicted molar refractivity (Wildman–Crippen MR) is 75.5 cm³/mol. The van der Waals surface area contributed by atoms with E-state index < -0.39 is 0 Å². The van der Waals surface area contributed by atoms with E-state index in [0.717, 1.165) is 5.56 Å². The third-order valence-corrected chi connectivity index (χ3v) is 3.29. The van der Waals surface area contributed by atoms with E-state index >= 15 is 0 Å². The monoisotopic (exact) mass is 279 g/mol. The van der Waals surface area contributed by atoms with Crippen molar-refractivity contribution < 1.29 is 4.79 Å². The number of nitrogens with two attached hydrogens (primary N) is 1. The maximum Gasteiger partial charge on any atom is 0.196 e. The molecule has 0 aromatic heterocycles. The number of aryl methyl sites for hydroxylation is 1. The third-order valence-electron chi connectivity index (χ3n) is 2.74. The first-order valence-electron chi connectivity index (χ1n) is 5.35. The average Bonchev–Trinajstić information content (AvgIpc) is 2.32. The summed E-state index contributed by atoms with van der Waals surface area (Å²) in [6.45, 7) is 1.86. The number of hydrogen-bond acceptors (Lipinski definition) is 2. The van der Waals surface area contributed by atoms with Crippen LogP contribution in [-0.4, -0.2) is 5.78 Å². The van der Waals surface area contributed by atoms with Crippen LogP contribution < -0.4 is 5.73 Å². The zero-order chi connectivity index (χ0) is 13.3. The van der Waals surface area contributed by atoms with Gasteiger partial charge in [-0.05, 0) is 36.8 Å². The second-order valence-corrected chi connectivity index (χ2v) is 4.83. The zero-order valence-corrected chi connectivity index (χ0v) is 11.2. The Morgan fingerprint density at radius 2 is 1.83 bits per heavy atom. The van der Waals surface area contributed by atoms with Crippen LogP contribution in [0.5, 0.6) is 0 Å². The average molecular weight is 280 g/mol. The Labute approximate surface area is 115 Å². The highest BCUT2D eigenvalue weighted by Gasteiger charge is 2.16. The van der Waals surface area contributed by atoms with Gasteiger partial charge in [0.1, 0.15) is 0 Å². The van der Waals surface area contributed by atoms with Crippen molar-refractivity contribution in [2.24, 2.45) is 0 Å². The van der Waals surface area contributed by atoms with Crippen molar-refractivity contribution in [1.82, 2.24) is 0 Å². The summed E-state index contributed by atoms with van der Waals surface area (Å²) in [7, 11) is 0. The highest BCUT2D eigenvalue weighted by Crippen LogP contribution is 2.26. The highest BCUT2D eigenvalue weighted by molar-refractivity contribution is 6.37. The van der Waals surface area contributed by atoms with Crippen molar-refractivity contribution in [3.63, 3.8) is 0 Å². The van der Waals surface area contributed by atoms with Crippen LogP contribution in [0.1, 0.15) is 21.5 Å². The molecule has 0 saturated heterocycles. The molecule has 2 nitrogen and oxygen atoms in total. The fourth-order valence-corrected chi connectivity index (χ4v) is 2.19. The molecule has 0 heterocycles. The Morgan fingerprint density at radius 1 is 1.11 bits per heavy atom. The minimum absolute atomic E-state index is 0.196. The van der Waals surface area contributed by atoms with E-state index in [1.54, 1.807) is 30.3 Å². The Bertz CT molecular complexity index is 623. The summed E-state index contributed by atoms with van der Waals surface area (Å²) in [5, 5.41) is 0.821. The highest BCUT2D eigenvalue weighted by atomic mass is 35.5. The normalized spacial score (nSPS) is 10.4. The second kappa shape index (κ2) is 5.01. The van der Waals surface area contributed by atoms with Crippen LogP contribution in [-0.2, 0) is 0 Å². The van der Waals surface area contributed by atoms with Crippen molar-refractivity contribution in [1.29, 1.82) is 0 Å². The molecule has 0 aliphatic rings. The summed E-state index contributed by atoms with van der Waals surface area (Å²) >= 11 is 11.8. The maximum absolute atomic E-state index is 12.3. The van der Waals surface area contributed by atoms with Gasteiger partial charge in [-0.15, -0.1) is 0 Å². The second-order valence-electron chi connectivity index (χ2n) is 3.99. The van der Waals surface area contributed by atoms with Gasteiger partial charge in [0.2, 0.25) is 0 Å². The van der Waals surface area contributed by atoms with Gasteiger partial charge in [-0.1, -0.05) is 35.3 Å². The van der Waals surface area contributed by atoms with Gasteiger partial charge in [-0.2, -0.15) is 0 Å². The molecule has 0 bridgehead atoms. The van der Waals surface area contributed by atoms with E-state index in [-0.39, 0.29) is 5.78 Å². The lowest BCUT2D eigenvalue weighted by molar-refractivity contribution is 0.103. The Kier molecular flexibility index (Phi) is 3.60. The number of carbonyl (C=O) groups is 1. The van der Waals surface area contributed by atoms with E-state index in [1.807, 2.05) is 13.0 Å². The lowest BCUT2D eigenvalue weighted by Gasteiger charge is -2.08. The van der Waals surface area contributed by atoms with E-state index in [2.05, 4.69) is 0 Å². The van der Waals surface area contributed by atoms with Crippen LogP contribution in [0, 0.1) is 6.92 Å². The molecular weight excluding hydrogens is 269 g/mol. The topological polar surface area (TPSA) is 43.1 Å². The molecule has 92 valence electrons. The quantitative estimate of drug-likeness (QED) is 0.664. The lowest BCUT2D eigenvalue weighted by atomic mass is 9.99. The molecule has 0 fully saturated rings. The molecular formula is C14H11Cl2NO. The summed E-state index contributed by atoms with van der Waals surface area (Å²) in [4.78, 5) is 12.3.